The van der Waals surface area contributed by atoms with E-state index in [1.165, 1.54) is 13.8 Å². The first kappa shape index (κ1) is 16.0. The molecule has 1 heterocycles. The summed E-state index contributed by atoms with van der Waals surface area (Å²) in [7, 11) is 0. The smallest absolute Gasteiger partial charge is 0.303 e. The number of hydrogen-bond acceptors (Lipinski definition) is 5. The molecule has 1 aliphatic carbocycles. The highest BCUT2D eigenvalue weighted by atomic mass is 16.6. The first-order valence-corrected chi connectivity index (χ1v) is 8.11. The van der Waals surface area contributed by atoms with Gasteiger partial charge in [-0.05, 0) is 18.4 Å². The molecule has 0 bridgehead atoms. The highest BCUT2D eigenvalue weighted by molar-refractivity contribution is 5.67. The van der Waals surface area contributed by atoms with Crippen molar-refractivity contribution in [2.45, 2.75) is 57.5 Å². The van der Waals surface area contributed by atoms with Crippen molar-refractivity contribution in [3.05, 3.63) is 35.9 Å². The van der Waals surface area contributed by atoms with Crippen molar-refractivity contribution >= 4 is 11.9 Å². The molecule has 0 unspecified atom stereocenters. The number of esters is 2. The van der Waals surface area contributed by atoms with Crippen molar-refractivity contribution < 1.29 is 23.8 Å². The number of fused-ring (bicyclic) bond motifs is 1. The molecule has 1 aromatic carbocycles. The largest absolute Gasteiger partial charge is 0.458 e. The molecule has 124 valence electrons. The number of rotatable bonds is 3. The van der Waals surface area contributed by atoms with E-state index in [-0.39, 0.29) is 18.0 Å². The molecular weight excluding hydrogens is 296 g/mol. The Hall–Kier alpha value is -1.88. The van der Waals surface area contributed by atoms with Crippen LogP contribution in [-0.2, 0) is 23.8 Å². The highest BCUT2D eigenvalue weighted by Crippen LogP contribution is 2.45. The van der Waals surface area contributed by atoms with Gasteiger partial charge in [-0.15, -0.1) is 0 Å². The summed E-state index contributed by atoms with van der Waals surface area (Å²) < 4.78 is 17.4. The van der Waals surface area contributed by atoms with E-state index in [1.807, 2.05) is 30.3 Å². The van der Waals surface area contributed by atoms with Crippen molar-refractivity contribution in [1.82, 2.24) is 0 Å². The fourth-order valence-electron chi connectivity index (χ4n) is 3.76. The molecule has 3 rings (SSSR count). The van der Waals surface area contributed by atoms with E-state index in [4.69, 9.17) is 14.2 Å². The van der Waals surface area contributed by atoms with Crippen LogP contribution in [0.5, 0.6) is 0 Å². The lowest BCUT2D eigenvalue weighted by molar-refractivity contribution is -0.222. The molecular formula is C18H22O5. The van der Waals surface area contributed by atoms with Crippen molar-refractivity contribution in [3.8, 4) is 0 Å². The second-order valence-corrected chi connectivity index (χ2v) is 6.25. The van der Waals surface area contributed by atoms with E-state index in [0.717, 1.165) is 24.8 Å². The zero-order valence-electron chi connectivity index (χ0n) is 13.4. The monoisotopic (exact) mass is 318 g/mol. The van der Waals surface area contributed by atoms with Gasteiger partial charge in [-0.2, -0.15) is 0 Å². The third-order valence-corrected chi connectivity index (χ3v) is 4.60. The zero-order valence-corrected chi connectivity index (χ0v) is 13.4. The number of hydrogen-bond donors (Lipinski definition) is 0. The predicted molar refractivity (Wildman–Crippen MR) is 82.5 cm³/mol. The van der Waals surface area contributed by atoms with Crippen LogP contribution in [0.2, 0.25) is 0 Å². The second kappa shape index (κ2) is 6.71. The minimum Gasteiger partial charge on any atom is -0.458 e. The number of carbonyl (C=O) groups is 2. The van der Waals surface area contributed by atoms with Crippen molar-refractivity contribution in [2.75, 3.05) is 0 Å². The second-order valence-electron chi connectivity index (χ2n) is 6.25. The van der Waals surface area contributed by atoms with Gasteiger partial charge in [0.1, 0.15) is 12.2 Å². The van der Waals surface area contributed by atoms with Gasteiger partial charge in [0.15, 0.2) is 6.10 Å². The molecule has 1 aromatic rings. The Morgan fingerprint density at radius 2 is 1.65 bits per heavy atom. The fraction of sp³-hybridized carbons (Fsp3) is 0.556. The van der Waals surface area contributed by atoms with Gasteiger partial charge in [0.05, 0.1) is 6.10 Å². The third kappa shape index (κ3) is 3.39. The van der Waals surface area contributed by atoms with E-state index >= 15 is 0 Å². The molecule has 23 heavy (non-hydrogen) atoms. The predicted octanol–water partition coefficient (Wildman–Crippen LogP) is 2.79. The maximum atomic E-state index is 11.6. The fourth-order valence-corrected chi connectivity index (χ4v) is 3.76. The summed E-state index contributed by atoms with van der Waals surface area (Å²) in [6, 6.07) is 9.66. The first-order chi connectivity index (χ1) is 11.1. The molecule has 2 aliphatic rings. The summed E-state index contributed by atoms with van der Waals surface area (Å²) in [6.45, 7) is 2.76. The average Bonchev–Trinajstić information content (AvgIpc) is 2.97. The van der Waals surface area contributed by atoms with Crippen molar-refractivity contribution in [2.24, 2.45) is 5.92 Å². The minimum atomic E-state index is -0.613. The molecule has 1 saturated carbocycles. The summed E-state index contributed by atoms with van der Waals surface area (Å²) in [4.78, 5) is 23.2. The zero-order chi connectivity index (χ0) is 16.4. The average molecular weight is 318 g/mol. The lowest BCUT2D eigenvalue weighted by Crippen LogP contribution is -2.52. The summed E-state index contributed by atoms with van der Waals surface area (Å²) in [5.74, 6) is -0.664. The first-order valence-electron chi connectivity index (χ1n) is 8.11. The van der Waals surface area contributed by atoms with E-state index in [0.29, 0.717) is 0 Å². The molecule has 5 heteroatoms. The topological polar surface area (TPSA) is 61.8 Å². The van der Waals surface area contributed by atoms with Gasteiger partial charge < -0.3 is 14.2 Å². The lowest BCUT2D eigenvalue weighted by atomic mass is 9.85. The maximum Gasteiger partial charge on any atom is 0.303 e. The van der Waals surface area contributed by atoms with Gasteiger partial charge >= 0.3 is 11.9 Å². The number of ether oxygens (including phenoxy) is 3. The molecule has 0 spiro atoms. The maximum absolute atomic E-state index is 11.6. The molecule has 1 saturated heterocycles. The Morgan fingerprint density at radius 3 is 2.30 bits per heavy atom. The Morgan fingerprint density at radius 1 is 1.00 bits per heavy atom. The van der Waals surface area contributed by atoms with Crippen LogP contribution < -0.4 is 0 Å². The lowest BCUT2D eigenvalue weighted by Gasteiger charge is -2.43. The van der Waals surface area contributed by atoms with Gasteiger partial charge in [-0.25, -0.2) is 0 Å². The van der Waals surface area contributed by atoms with E-state index < -0.39 is 24.3 Å². The van der Waals surface area contributed by atoms with E-state index in [2.05, 4.69) is 0 Å². The molecule has 5 nitrogen and oxygen atoms in total. The van der Waals surface area contributed by atoms with Gasteiger partial charge in [0.25, 0.3) is 0 Å². The highest BCUT2D eigenvalue weighted by Gasteiger charge is 2.51. The van der Waals surface area contributed by atoms with Crippen LogP contribution in [-0.4, -0.2) is 30.3 Å². The standard InChI is InChI=1S/C18H22O5/c1-11(19)21-17-14-9-6-10-15(14)23-16(18(17)22-12(2)20)13-7-4-3-5-8-13/h3-5,7-8,14-18H,6,9-10H2,1-2H3/t14-,15-,16-,17+,18-/m0/s1. The van der Waals surface area contributed by atoms with Crippen LogP contribution in [0.4, 0.5) is 0 Å². The summed E-state index contributed by atoms with van der Waals surface area (Å²) in [5.41, 5.74) is 0.932. The van der Waals surface area contributed by atoms with Crippen LogP contribution in [0.3, 0.4) is 0 Å². The van der Waals surface area contributed by atoms with Crippen LogP contribution in [0, 0.1) is 5.92 Å². The summed E-state index contributed by atoms with van der Waals surface area (Å²) in [5, 5.41) is 0. The van der Waals surface area contributed by atoms with Crippen molar-refractivity contribution in [1.29, 1.82) is 0 Å². The molecule has 0 aromatic heterocycles. The van der Waals surface area contributed by atoms with Gasteiger partial charge in [0.2, 0.25) is 0 Å². The van der Waals surface area contributed by atoms with Crippen LogP contribution in [0.15, 0.2) is 30.3 Å². The Kier molecular flexibility index (Phi) is 4.66. The number of carbonyl (C=O) groups excluding carboxylic acids is 2. The van der Waals surface area contributed by atoms with Gasteiger partial charge in [0, 0.05) is 19.8 Å². The van der Waals surface area contributed by atoms with Crippen LogP contribution >= 0.6 is 0 Å². The summed E-state index contributed by atoms with van der Waals surface area (Å²) in [6.07, 6.45) is 1.45. The molecule has 1 aliphatic heterocycles. The van der Waals surface area contributed by atoms with Crippen LogP contribution in [0.1, 0.15) is 44.8 Å². The van der Waals surface area contributed by atoms with Gasteiger partial charge in [-0.3, -0.25) is 9.59 Å². The normalized spacial score (nSPS) is 32.9. The van der Waals surface area contributed by atoms with Crippen molar-refractivity contribution in [3.63, 3.8) is 0 Å². The van der Waals surface area contributed by atoms with E-state index in [1.54, 1.807) is 0 Å². The molecule has 2 fully saturated rings. The minimum absolute atomic E-state index is 0.0383. The summed E-state index contributed by atoms with van der Waals surface area (Å²) >= 11 is 0. The van der Waals surface area contributed by atoms with E-state index in [9.17, 15) is 9.59 Å². The van der Waals surface area contributed by atoms with Gasteiger partial charge in [-0.1, -0.05) is 36.8 Å². The molecule has 0 radical (unpaired) electrons. The molecule has 5 atom stereocenters. The molecule has 0 N–H and O–H groups in total. The Balaban J connectivity index is 1.95. The number of benzene rings is 1. The quantitative estimate of drug-likeness (QED) is 0.802. The Labute approximate surface area is 135 Å². The SMILES string of the molecule is CC(=O)O[C@@H]1[C@H]2CCC[C@@H]2O[C@@H](c2ccccc2)[C@@H]1OC(C)=O. The Bertz CT molecular complexity index is 570. The third-order valence-electron chi connectivity index (χ3n) is 4.60. The molecule has 0 amide bonds. The van der Waals surface area contributed by atoms with Crippen LogP contribution in [0.25, 0.3) is 0 Å².